The van der Waals surface area contributed by atoms with Crippen molar-refractivity contribution in [2.24, 2.45) is 4.99 Å². The van der Waals surface area contributed by atoms with Crippen molar-refractivity contribution in [2.75, 3.05) is 7.11 Å². The zero-order valence-electron chi connectivity index (χ0n) is 12.2. The minimum Gasteiger partial charge on any atom is -0.497 e. The van der Waals surface area contributed by atoms with E-state index in [4.69, 9.17) is 16.3 Å². The first-order valence-electron chi connectivity index (χ1n) is 6.78. The Hall–Kier alpha value is -2.46. The van der Waals surface area contributed by atoms with E-state index in [0.29, 0.717) is 10.6 Å². The average molecular weight is 315 g/mol. The molecule has 1 heterocycles. The minimum atomic E-state index is 0.0756. The molecule has 0 radical (unpaired) electrons. The monoisotopic (exact) mass is 314 g/mol. The number of hydrogen-bond acceptors (Lipinski definition) is 3. The molecule has 0 aliphatic heterocycles. The first-order valence-corrected chi connectivity index (χ1v) is 7.16. The molecule has 0 amide bonds. The van der Waals surface area contributed by atoms with Gasteiger partial charge in [-0.3, -0.25) is 4.99 Å². The van der Waals surface area contributed by atoms with Gasteiger partial charge in [-0.1, -0.05) is 17.7 Å². The molecule has 3 rings (SSSR count). The lowest BCUT2D eigenvalue weighted by Crippen LogP contribution is -1.84. The van der Waals surface area contributed by atoms with Crippen molar-refractivity contribution in [3.05, 3.63) is 52.5 Å². The third kappa shape index (κ3) is 2.53. The standard InChI is InChI=1S/C17H15ClN2O2/c1-10-14(18)4-3-5-15(10)19-9-13-12-8-11(22-2)6-7-16(12)20-17(13)21/h3-9,20-21H,1-2H3. The number of aliphatic imine (C=N–C) groups is 1. The highest BCUT2D eigenvalue weighted by Gasteiger charge is 2.10. The lowest BCUT2D eigenvalue weighted by molar-refractivity contribution is 0.415. The fourth-order valence-corrected chi connectivity index (χ4v) is 2.47. The van der Waals surface area contributed by atoms with E-state index in [0.717, 1.165) is 27.9 Å². The number of aromatic nitrogens is 1. The molecule has 0 bridgehead atoms. The van der Waals surface area contributed by atoms with E-state index in [1.165, 1.54) is 0 Å². The van der Waals surface area contributed by atoms with Crippen LogP contribution in [-0.2, 0) is 0 Å². The zero-order chi connectivity index (χ0) is 15.7. The maximum atomic E-state index is 10.1. The summed E-state index contributed by atoms with van der Waals surface area (Å²) in [6.07, 6.45) is 1.63. The van der Waals surface area contributed by atoms with Crippen LogP contribution in [-0.4, -0.2) is 23.4 Å². The third-order valence-corrected chi connectivity index (χ3v) is 4.01. The van der Waals surface area contributed by atoms with Crippen LogP contribution >= 0.6 is 11.6 Å². The molecule has 1 aromatic heterocycles. The van der Waals surface area contributed by atoms with Crippen molar-refractivity contribution in [1.82, 2.24) is 4.98 Å². The first kappa shape index (κ1) is 14.5. The van der Waals surface area contributed by atoms with Crippen LogP contribution in [0.5, 0.6) is 11.6 Å². The second-order valence-corrected chi connectivity index (χ2v) is 5.35. The molecule has 22 heavy (non-hydrogen) atoms. The van der Waals surface area contributed by atoms with Crippen LogP contribution in [0.2, 0.25) is 5.02 Å². The Morgan fingerprint density at radius 2 is 2.09 bits per heavy atom. The van der Waals surface area contributed by atoms with E-state index in [-0.39, 0.29) is 5.88 Å². The highest BCUT2D eigenvalue weighted by atomic mass is 35.5. The Morgan fingerprint density at radius 1 is 1.27 bits per heavy atom. The number of methoxy groups -OCH3 is 1. The number of aromatic hydroxyl groups is 1. The Balaban J connectivity index is 2.08. The molecule has 0 saturated heterocycles. The SMILES string of the molecule is COc1ccc2[nH]c(O)c(C=Nc3cccc(Cl)c3C)c2c1. The number of halogens is 1. The van der Waals surface area contributed by atoms with Crippen LogP contribution in [0.1, 0.15) is 11.1 Å². The summed E-state index contributed by atoms with van der Waals surface area (Å²) in [7, 11) is 1.61. The summed E-state index contributed by atoms with van der Waals surface area (Å²) in [5.41, 5.74) is 3.11. The second kappa shape index (κ2) is 5.73. The summed E-state index contributed by atoms with van der Waals surface area (Å²) in [6, 6.07) is 11.1. The predicted octanol–water partition coefficient (Wildman–Crippen LogP) is 4.59. The molecule has 0 atom stereocenters. The normalized spacial score (nSPS) is 11.4. The molecule has 3 aromatic rings. The Morgan fingerprint density at radius 3 is 2.86 bits per heavy atom. The number of ether oxygens (including phenoxy) is 1. The smallest absolute Gasteiger partial charge is 0.198 e. The summed E-state index contributed by atoms with van der Waals surface area (Å²) in [4.78, 5) is 7.37. The fourth-order valence-electron chi connectivity index (χ4n) is 2.31. The molecular formula is C17H15ClN2O2. The molecule has 0 fully saturated rings. The third-order valence-electron chi connectivity index (χ3n) is 3.60. The van der Waals surface area contributed by atoms with Gasteiger partial charge in [-0.2, -0.15) is 0 Å². The Bertz CT molecular complexity index is 868. The molecule has 2 N–H and O–H groups in total. The highest BCUT2D eigenvalue weighted by molar-refractivity contribution is 6.31. The molecule has 5 heteroatoms. The number of rotatable bonds is 3. The number of nitrogens with zero attached hydrogens (tertiary/aromatic N) is 1. The highest BCUT2D eigenvalue weighted by Crippen LogP contribution is 2.30. The topological polar surface area (TPSA) is 57.6 Å². The van der Waals surface area contributed by atoms with E-state index < -0.39 is 0 Å². The number of H-pyrrole nitrogens is 1. The van der Waals surface area contributed by atoms with E-state index in [1.54, 1.807) is 13.3 Å². The summed E-state index contributed by atoms with van der Waals surface area (Å²) in [5, 5.41) is 11.6. The van der Waals surface area contributed by atoms with E-state index >= 15 is 0 Å². The van der Waals surface area contributed by atoms with Gasteiger partial charge < -0.3 is 14.8 Å². The quantitative estimate of drug-likeness (QED) is 0.694. The first-order chi connectivity index (χ1) is 10.6. The Labute approximate surface area is 133 Å². The van der Waals surface area contributed by atoms with Gasteiger partial charge in [0.15, 0.2) is 5.88 Å². The fraction of sp³-hybridized carbons (Fsp3) is 0.118. The van der Waals surface area contributed by atoms with Crippen molar-refractivity contribution >= 4 is 34.4 Å². The van der Waals surface area contributed by atoms with Gasteiger partial charge in [-0.05, 0) is 42.8 Å². The summed E-state index contributed by atoms with van der Waals surface area (Å²) < 4.78 is 5.23. The van der Waals surface area contributed by atoms with Crippen LogP contribution in [0.4, 0.5) is 5.69 Å². The molecule has 0 unspecified atom stereocenters. The number of nitrogens with one attached hydrogen (secondary N) is 1. The molecule has 0 spiro atoms. The molecule has 4 nitrogen and oxygen atoms in total. The van der Waals surface area contributed by atoms with Gasteiger partial charge in [0, 0.05) is 22.1 Å². The summed E-state index contributed by atoms with van der Waals surface area (Å²) >= 11 is 6.09. The lowest BCUT2D eigenvalue weighted by atomic mass is 10.1. The number of aromatic amines is 1. The van der Waals surface area contributed by atoms with Gasteiger partial charge >= 0.3 is 0 Å². The van der Waals surface area contributed by atoms with E-state index in [1.807, 2.05) is 43.3 Å². The van der Waals surface area contributed by atoms with Crippen molar-refractivity contribution in [2.45, 2.75) is 6.92 Å². The van der Waals surface area contributed by atoms with Gasteiger partial charge in [-0.25, -0.2) is 0 Å². The maximum absolute atomic E-state index is 10.1. The lowest BCUT2D eigenvalue weighted by Gasteiger charge is -2.02. The van der Waals surface area contributed by atoms with Gasteiger partial charge in [-0.15, -0.1) is 0 Å². The second-order valence-electron chi connectivity index (χ2n) is 4.94. The zero-order valence-corrected chi connectivity index (χ0v) is 13.0. The van der Waals surface area contributed by atoms with Crippen molar-refractivity contribution in [3.8, 4) is 11.6 Å². The van der Waals surface area contributed by atoms with Crippen LogP contribution in [0.15, 0.2) is 41.4 Å². The number of fused-ring (bicyclic) bond motifs is 1. The molecular weight excluding hydrogens is 300 g/mol. The Kier molecular flexibility index (Phi) is 3.77. The molecule has 2 aromatic carbocycles. The van der Waals surface area contributed by atoms with Crippen LogP contribution in [0.3, 0.4) is 0 Å². The minimum absolute atomic E-state index is 0.0756. The maximum Gasteiger partial charge on any atom is 0.198 e. The van der Waals surface area contributed by atoms with Crippen molar-refractivity contribution in [3.63, 3.8) is 0 Å². The number of benzene rings is 2. The van der Waals surface area contributed by atoms with Crippen LogP contribution in [0.25, 0.3) is 10.9 Å². The van der Waals surface area contributed by atoms with Crippen molar-refractivity contribution in [1.29, 1.82) is 0 Å². The van der Waals surface area contributed by atoms with Crippen LogP contribution in [0, 0.1) is 6.92 Å². The van der Waals surface area contributed by atoms with Gasteiger partial charge in [0.25, 0.3) is 0 Å². The molecule has 0 aliphatic carbocycles. The van der Waals surface area contributed by atoms with Gasteiger partial charge in [0.05, 0.1) is 18.4 Å². The average Bonchev–Trinajstić information content (AvgIpc) is 2.83. The van der Waals surface area contributed by atoms with Crippen molar-refractivity contribution < 1.29 is 9.84 Å². The molecule has 0 saturated carbocycles. The predicted molar refractivity (Wildman–Crippen MR) is 90.0 cm³/mol. The van der Waals surface area contributed by atoms with E-state index in [2.05, 4.69) is 9.98 Å². The molecule has 112 valence electrons. The number of hydrogen-bond donors (Lipinski definition) is 2. The molecule has 0 aliphatic rings. The largest absolute Gasteiger partial charge is 0.497 e. The van der Waals surface area contributed by atoms with Crippen LogP contribution < -0.4 is 4.74 Å². The summed E-state index contributed by atoms with van der Waals surface area (Å²) in [6.45, 7) is 1.91. The van der Waals surface area contributed by atoms with E-state index in [9.17, 15) is 5.11 Å². The van der Waals surface area contributed by atoms with Gasteiger partial charge in [0.1, 0.15) is 5.75 Å². The summed E-state index contributed by atoms with van der Waals surface area (Å²) in [5.74, 6) is 0.798. The van der Waals surface area contributed by atoms with Gasteiger partial charge in [0.2, 0.25) is 0 Å².